The molecule has 0 aliphatic carbocycles. The van der Waals surface area contributed by atoms with Crippen molar-refractivity contribution in [3.05, 3.63) is 22.8 Å². The molecule has 0 spiro atoms. The topological polar surface area (TPSA) is 105 Å². The van der Waals surface area contributed by atoms with Gasteiger partial charge in [-0.05, 0) is 123 Å². The molecule has 6 atom stereocenters. The van der Waals surface area contributed by atoms with Gasteiger partial charge in [-0.25, -0.2) is 4.79 Å². The summed E-state index contributed by atoms with van der Waals surface area (Å²) in [6, 6.07) is 7.57. The number of nitrogens with zero attached hydrogens (tertiary/aromatic N) is 1. The lowest BCUT2D eigenvalue weighted by atomic mass is 9.73. The van der Waals surface area contributed by atoms with Gasteiger partial charge in [-0.2, -0.15) is 5.26 Å². The van der Waals surface area contributed by atoms with E-state index in [2.05, 4.69) is 176 Å². The van der Waals surface area contributed by atoms with Crippen LogP contribution in [0.25, 0.3) is 0 Å². The minimum Gasteiger partial charge on any atom is -0.543 e. The minimum absolute atomic E-state index is 0.0676. The third-order valence-electron chi connectivity index (χ3n) is 16.0. The molecular weight excluding hydrogens is 883 g/mol. The fraction of sp³-hybridized carbons (Fsp3) is 0.840. The molecule has 9 nitrogen and oxygen atoms in total. The van der Waals surface area contributed by atoms with Crippen LogP contribution in [0, 0.1) is 29.6 Å². The number of carbonyl (C=O) groups excluding carboxylic acids is 1. The Morgan fingerprint density at radius 3 is 1.67 bits per heavy atom. The molecule has 0 saturated carbocycles. The van der Waals surface area contributed by atoms with Crippen molar-refractivity contribution in [1.29, 1.82) is 5.26 Å². The maximum atomic E-state index is 14.4. The Morgan fingerprint density at radius 2 is 1.27 bits per heavy atom. The number of methoxy groups -OCH3 is 1. The van der Waals surface area contributed by atoms with Gasteiger partial charge in [0, 0.05) is 23.8 Å². The van der Waals surface area contributed by atoms with Crippen molar-refractivity contribution in [1.82, 2.24) is 0 Å². The predicted molar refractivity (Wildman–Crippen MR) is 281 cm³/mol. The lowest BCUT2D eigenvalue weighted by molar-refractivity contribution is -0.166. The quantitative estimate of drug-likeness (QED) is 0.0933. The van der Waals surface area contributed by atoms with E-state index in [0.29, 0.717) is 30.6 Å². The second-order valence-corrected chi connectivity index (χ2v) is 48.6. The van der Waals surface area contributed by atoms with Crippen molar-refractivity contribution in [3.8, 4) is 17.6 Å². The van der Waals surface area contributed by atoms with Crippen LogP contribution in [0.4, 0.5) is 0 Å². The van der Waals surface area contributed by atoms with Crippen LogP contribution in [0.3, 0.4) is 0 Å². The molecule has 0 amide bonds. The predicted octanol–water partition coefficient (Wildman–Crippen LogP) is 14.8. The van der Waals surface area contributed by atoms with Gasteiger partial charge in [0.25, 0.3) is 8.32 Å². The fourth-order valence-electron chi connectivity index (χ4n) is 7.85. The first kappa shape index (κ1) is 58.8. The molecule has 1 heterocycles. The van der Waals surface area contributed by atoms with Gasteiger partial charge in [0.05, 0.1) is 37.6 Å². The average Bonchev–Trinajstić information content (AvgIpc) is 3.13. The molecule has 1 aromatic rings. The Balaban J connectivity index is 3.06. The number of hydrogen-bond acceptors (Lipinski definition) is 9. The van der Waals surface area contributed by atoms with Crippen LogP contribution in [0.5, 0.6) is 11.5 Å². The standard InChI is InChI=1S/C50H97NO8Si5/c1-27-64(28-2,29-3)59-44-30-37(34-51)54-43(50(44,15)16)33-41(55-60(18,19)20)36(5)39(56-61(21,22)47(6,7)8)31-38-35(4)40(57-62(23,24)48(9,10)11)32-42(45(38)46(52)53-17)58-63(25,26)49(12,13)14/h32,36-37,39,41,43-44H,27-31,33H2,1-26H3/t36-,37-,39+,41-,43+,44+/m0/s1. The summed E-state index contributed by atoms with van der Waals surface area (Å²) in [5, 5.41) is 10.1. The highest BCUT2D eigenvalue weighted by molar-refractivity contribution is 6.76. The van der Waals surface area contributed by atoms with Crippen molar-refractivity contribution in [2.45, 2.75) is 253 Å². The van der Waals surface area contributed by atoms with E-state index >= 15 is 0 Å². The van der Waals surface area contributed by atoms with Gasteiger partial charge in [0.1, 0.15) is 23.2 Å². The van der Waals surface area contributed by atoms with Crippen LogP contribution in [0.2, 0.25) is 92.2 Å². The van der Waals surface area contributed by atoms with Gasteiger partial charge in [0.15, 0.2) is 25.0 Å². The lowest BCUT2D eigenvalue weighted by Crippen LogP contribution is -2.57. The molecular formula is C50H97NO8Si5. The molecule has 0 bridgehead atoms. The molecule has 0 aromatic heterocycles. The highest BCUT2D eigenvalue weighted by Gasteiger charge is 2.51. The number of hydrogen-bond donors (Lipinski definition) is 0. The number of carbonyl (C=O) groups is 1. The van der Waals surface area contributed by atoms with Crippen LogP contribution in [-0.2, 0) is 29.2 Å². The highest BCUT2D eigenvalue weighted by atomic mass is 28.4. The van der Waals surface area contributed by atoms with E-state index in [9.17, 15) is 10.1 Å². The van der Waals surface area contributed by atoms with E-state index in [4.69, 9.17) is 31.6 Å². The van der Waals surface area contributed by atoms with Gasteiger partial charge < -0.3 is 31.6 Å². The minimum atomic E-state index is -2.48. The van der Waals surface area contributed by atoms with Crippen LogP contribution < -0.4 is 8.85 Å². The van der Waals surface area contributed by atoms with Crippen molar-refractivity contribution in [2.24, 2.45) is 11.3 Å². The second kappa shape index (κ2) is 21.1. The zero-order valence-electron chi connectivity index (χ0n) is 46.0. The van der Waals surface area contributed by atoms with E-state index in [1.165, 1.54) is 7.11 Å². The van der Waals surface area contributed by atoms with Crippen molar-refractivity contribution in [2.75, 3.05) is 7.11 Å². The molecule has 0 radical (unpaired) electrons. The summed E-state index contributed by atoms with van der Waals surface area (Å²) in [7, 11) is -10.1. The summed E-state index contributed by atoms with van der Waals surface area (Å²) in [5.41, 5.74) is 1.78. The van der Waals surface area contributed by atoms with Crippen LogP contribution in [0.15, 0.2) is 6.07 Å². The molecule has 1 aliphatic rings. The molecule has 64 heavy (non-hydrogen) atoms. The van der Waals surface area contributed by atoms with E-state index in [1.54, 1.807) is 0 Å². The number of ether oxygens (including phenoxy) is 2. The molecule has 14 heteroatoms. The summed E-state index contributed by atoms with van der Waals surface area (Å²) < 4.78 is 49.0. The van der Waals surface area contributed by atoms with Crippen LogP contribution in [0.1, 0.15) is 138 Å². The van der Waals surface area contributed by atoms with Crippen molar-refractivity contribution < 1.29 is 36.4 Å². The molecule has 1 aliphatic heterocycles. The summed E-state index contributed by atoms with van der Waals surface area (Å²) in [5.74, 6) is 0.666. The maximum absolute atomic E-state index is 14.4. The van der Waals surface area contributed by atoms with E-state index in [-0.39, 0.29) is 50.9 Å². The average molecular weight is 981 g/mol. The number of benzene rings is 1. The Hall–Kier alpha value is -1.30. The van der Waals surface area contributed by atoms with Crippen LogP contribution >= 0.6 is 0 Å². The zero-order chi connectivity index (χ0) is 50.0. The fourth-order valence-corrected chi connectivity index (χ4v) is 15.6. The summed E-state index contributed by atoms with van der Waals surface area (Å²) in [6.45, 7) is 56.1. The third-order valence-corrected chi connectivity index (χ3v) is 34.9. The molecule has 2 rings (SSSR count). The van der Waals surface area contributed by atoms with Gasteiger partial charge in [-0.3, -0.25) is 0 Å². The highest BCUT2D eigenvalue weighted by Crippen LogP contribution is 2.48. The summed E-state index contributed by atoms with van der Waals surface area (Å²) in [4.78, 5) is 14.4. The summed E-state index contributed by atoms with van der Waals surface area (Å²) in [6.07, 6.45) is -0.105. The lowest BCUT2D eigenvalue weighted by Gasteiger charge is -2.51. The third kappa shape index (κ3) is 14.1. The first-order valence-corrected chi connectivity index (χ1v) is 39.1. The summed E-state index contributed by atoms with van der Waals surface area (Å²) >= 11 is 0. The Morgan fingerprint density at radius 1 is 0.797 bits per heavy atom. The molecule has 370 valence electrons. The van der Waals surface area contributed by atoms with Gasteiger partial charge in [-0.15, -0.1) is 0 Å². The SMILES string of the molecule is CC[Si](CC)(CC)O[C@@H]1C[C@@H](C#N)O[C@H](C[C@H](O[Si](C)(C)C)[C@@H](C)[C@@H](Cc2c(C)c(O[Si](C)(C)C(C)(C)C)cc(O[Si](C)(C)C(C)(C)C)c2C(=O)OC)O[Si](C)(C)C(C)(C)C)C1(C)C. The molecule has 1 saturated heterocycles. The van der Waals surface area contributed by atoms with Gasteiger partial charge >= 0.3 is 5.97 Å². The normalized spacial score (nSPS) is 20.9. The number of esters is 1. The maximum Gasteiger partial charge on any atom is 0.341 e. The van der Waals surface area contributed by atoms with Gasteiger partial charge in [0.2, 0.25) is 8.32 Å². The number of nitriles is 1. The van der Waals surface area contributed by atoms with Gasteiger partial charge in [-0.1, -0.05) is 104 Å². The zero-order valence-corrected chi connectivity index (χ0v) is 51.0. The monoisotopic (exact) mass is 980 g/mol. The first-order chi connectivity index (χ1) is 28.7. The van der Waals surface area contributed by atoms with E-state index < -0.39 is 53.7 Å². The van der Waals surface area contributed by atoms with E-state index in [1.807, 2.05) is 6.07 Å². The number of rotatable bonds is 20. The molecule has 0 unspecified atom stereocenters. The second-order valence-electron chi connectivity index (χ2n) is 25.2. The molecule has 0 N–H and O–H groups in total. The van der Waals surface area contributed by atoms with Crippen molar-refractivity contribution in [3.63, 3.8) is 0 Å². The molecule has 1 aromatic carbocycles. The Labute approximate surface area is 398 Å². The first-order valence-electron chi connectivity index (χ1n) is 24.4. The Kier molecular flexibility index (Phi) is 19.4. The smallest absolute Gasteiger partial charge is 0.341 e. The molecule has 1 fully saturated rings. The van der Waals surface area contributed by atoms with Crippen molar-refractivity contribution >= 4 is 47.6 Å². The van der Waals surface area contributed by atoms with E-state index in [0.717, 1.165) is 35.0 Å². The largest absolute Gasteiger partial charge is 0.543 e. The Bertz CT molecular complexity index is 1750. The van der Waals surface area contributed by atoms with Crippen LogP contribution in [-0.4, -0.2) is 85.2 Å².